The van der Waals surface area contributed by atoms with Gasteiger partial charge in [-0.3, -0.25) is 19.6 Å². The van der Waals surface area contributed by atoms with Crippen molar-refractivity contribution < 1.29 is 50.1 Å². The molecule has 0 bridgehead atoms. The Balaban J connectivity index is 1.73. The van der Waals surface area contributed by atoms with E-state index in [-0.39, 0.29) is 58.5 Å². The lowest BCUT2D eigenvalue weighted by Gasteiger charge is -2.21. The van der Waals surface area contributed by atoms with E-state index in [2.05, 4.69) is 20.0 Å². The first-order valence-corrected chi connectivity index (χ1v) is 11.2. The van der Waals surface area contributed by atoms with Crippen LogP contribution < -0.4 is 19.5 Å². The van der Waals surface area contributed by atoms with Crippen molar-refractivity contribution >= 4 is 17.4 Å². The van der Waals surface area contributed by atoms with Crippen LogP contribution in [0.2, 0.25) is 0 Å². The summed E-state index contributed by atoms with van der Waals surface area (Å²) < 4.78 is 93.8. The highest BCUT2D eigenvalue weighted by Crippen LogP contribution is 2.58. The van der Waals surface area contributed by atoms with Gasteiger partial charge in [-0.25, -0.2) is 0 Å². The first-order valence-electron chi connectivity index (χ1n) is 11.2. The molecule has 2 aromatic heterocycles. The Morgan fingerprint density at radius 2 is 1.67 bits per heavy atom. The smallest absolute Gasteiger partial charge is 0.493 e. The fourth-order valence-corrected chi connectivity index (χ4v) is 3.71. The number of aromatic nitrogens is 2. The summed E-state index contributed by atoms with van der Waals surface area (Å²) in [5.74, 6) is -2.67. The van der Waals surface area contributed by atoms with Crippen LogP contribution in [0.3, 0.4) is 0 Å². The monoisotopic (exact) mass is 555 g/mol. The largest absolute Gasteiger partial charge is 0.573 e. The van der Waals surface area contributed by atoms with Crippen LogP contribution >= 0.6 is 0 Å². The summed E-state index contributed by atoms with van der Waals surface area (Å²) in [5, 5.41) is 2.50. The van der Waals surface area contributed by atoms with Gasteiger partial charge in [0, 0.05) is 37.1 Å². The fraction of sp³-hybridized carbons (Fsp3) is 0.280. The van der Waals surface area contributed by atoms with Gasteiger partial charge in [0.05, 0.1) is 12.8 Å². The van der Waals surface area contributed by atoms with Gasteiger partial charge in [0.25, 0.3) is 5.91 Å². The Hall–Kier alpha value is -4.36. The van der Waals surface area contributed by atoms with Crippen molar-refractivity contribution in [3.05, 3.63) is 65.7 Å². The number of benzene rings is 1. The van der Waals surface area contributed by atoms with Gasteiger partial charge in [-0.05, 0) is 37.1 Å². The molecule has 2 heterocycles. The van der Waals surface area contributed by atoms with E-state index in [0.717, 1.165) is 37.6 Å². The van der Waals surface area contributed by atoms with E-state index >= 15 is 0 Å². The predicted octanol–water partition coefficient (Wildman–Crippen LogP) is 6.22. The Bertz CT molecular complexity index is 1420. The van der Waals surface area contributed by atoms with E-state index < -0.39 is 29.6 Å². The number of Topliss-reactive ketones (excluding diaryl/α,β-unsaturated/α-hetero) is 1. The second-order valence-electron chi connectivity index (χ2n) is 8.55. The van der Waals surface area contributed by atoms with Crippen molar-refractivity contribution in [2.45, 2.75) is 37.7 Å². The highest BCUT2D eigenvalue weighted by Gasteiger charge is 2.65. The van der Waals surface area contributed by atoms with Gasteiger partial charge < -0.3 is 19.5 Å². The van der Waals surface area contributed by atoms with Crippen molar-refractivity contribution in [3.8, 4) is 23.0 Å². The normalized spacial score (nSPS) is 14.4. The van der Waals surface area contributed by atoms with Crippen LogP contribution in [0.4, 0.5) is 32.0 Å². The molecule has 39 heavy (non-hydrogen) atoms. The van der Waals surface area contributed by atoms with Crippen LogP contribution in [0, 0.1) is 0 Å². The summed E-state index contributed by atoms with van der Waals surface area (Å²) in [7, 11) is 1.13. The van der Waals surface area contributed by atoms with Crippen molar-refractivity contribution in [1.82, 2.24) is 9.97 Å². The molecule has 1 aliphatic rings. The fourth-order valence-electron chi connectivity index (χ4n) is 3.71. The number of ether oxygens (including phenoxy) is 3. The van der Waals surface area contributed by atoms with Gasteiger partial charge in [-0.2, -0.15) is 13.2 Å². The van der Waals surface area contributed by atoms with E-state index in [1.165, 1.54) is 25.3 Å². The van der Waals surface area contributed by atoms with Gasteiger partial charge in [0.1, 0.15) is 28.2 Å². The summed E-state index contributed by atoms with van der Waals surface area (Å²) in [6.45, 7) is 1.27. The molecule has 1 aromatic carbocycles. The number of halogens is 6. The summed E-state index contributed by atoms with van der Waals surface area (Å²) >= 11 is 0. The molecule has 14 heteroatoms. The zero-order valence-electron chi connectivity index (χ0n) is 20.2. The van der Waals surface area contributed by atoms with E-state index in [0.29, 0.717) is 0 Å². The highest BCUT2D eigenvalue weighted by atomic mass is 19.4. The number of anilines is 1. The van der Waals surface area contributed by atoms with E-state index in [1.807, 2.05) is 0 Å². The molecule has 0 radical (unpaired) electrons. The average molecular weight is 555 g/mol. The maximum absolute atomic E-state index is 13.8. The summed E-state index contributed by atoms with van der Waals surface area (Å²) in [6.07, 6.45) is -7.84. The van der Waals surface area contributed by atoms with Gasteiger partial charge in [-0.1, -0.05) is 0 Å². The third-order valence-corrected chi connectivity index (χ3v) is 5.86. The molecule has 8 nitrogen and oxygen atoms in total. The van der Waals surface area contributed by atoms with Crippen LogP contribution in [0.15, 0.2) is 48.8 Å². The first-order chi connectivity index (χ1) is 18.2. The summed E-state index contributed by atoms with van der Waals surface area (Å²) in [5.41, 5.74) is -2.67. The molecule has 1 fully saturated rings. The van der Waals surface area contributed by atoms with Gasteiger partial charge >= 0.3 is 12.5 Å². The van der Waals surface area contributed by atoms with Crippen LogP contribution in [0.1, 0.15) is 46.3 Å². The Labute approximate surface area is 216 Å². The number of hydrogen-bond acceptors (Lipinski definition) is 7. The van der Waals surface area contributed by atoms with Crippen LogP contribution in [0.5, 0.6) is 23.0 Å². The quantitative estimate of drug-likeness (QED) is 0.260. The number of rotatable bonds is 8. The third kappa shape index (κ3) is 6.04. The SMILES string of the molecule is COc1cc(OC(F)(F)F)ccc1Oc1cc(C2(C(F)(F)F)CC2)ncc1C(=O)Nc1ccnc(C(C)=O)c1. The molecule has 1 saturated carbocycles. The number of methoxy groups -OCH3 is 1. The van der Waals surface area contributed by atoms with E-state index in [9.17, 15) is 35.9 Å². The lowest BCUT2D eigenvalue weighted by atomic mass is 10.00. The standard InChI is InChI=1S/C25H19F6N3O5/c1-13(35)17-9-14(5-8-32-17)34-22(36)16-12-33-21(23(6-7-23)24(26,27)28)11-19(16)38-18-4-3-15(10-20(18)37-2)39-25(29,30)31/h3-5,8-12H,6-7H2,1-2H3,(H,32,34,36). The van der Waals surface area contributed by atoms with Crippen molar-refractivity contribution in [1.29, 1.82) is 0 Å². The molecule has 0 aliphatic heterocycles. The minimum atomic E-state index is -4.98. The van der Waals surface area contributed by atoms with Crippen molar-refractivity contribution in [2.75, 3.05) is 12.4 Å². The van der Waals surface area contributed by atoms with Gasteiger partial charge in [-0.15, -0.1) is 13.2 Å². The average Bonchev–Trinajstić information content (AvgIpc) is 3.66. The number of nitrogens with one attached hydrogen (secondary N) is 1. The van der Waals surface area contributed by atoms with Crippen LogP contribution in [0.25, 0.3) is 0 Å². The van der Waals surface area contributed by atoms with Crippen LogP contribution in [-0.4, -0.2) is 41.3 Å². The number of nitrogens with zero attached hydrogens (tertiary/aromatic N) is 2. The van der Waals surface area contributed by atoms with Crippen LogP contribution in [-0.2, 0) is 5.41 Å². The maximum atomic E-state index is 13.8. The molecule has 206 valence electrons. The number of ketones is 1. The molecule has 0 saturated heterocycles. The lowest BCUT2D eigenvalue weighted by Crippen LogP contribution is -2.30. The number of amides is 1. The van der Waals surface area contributed by atoms with Gasteiger partial charge in [0.15, 0.2) is 17.3 Å². The zero-order chi connectivity index (χ0) is 28.6. The molecule has 4 rings (SSSR count). The topological polar surface area (TPSA) is 99.6 Å². The molecule has 0 unspecified atom stereocenters. The molecule has 3 aromatic rings. The molecule has 0 spiro atoms. The number of hydrogen-bond donors (Lipinski definition) is 1. The molecule has 1 amide bonds. The minimum absolute atomic E-state index is 0.0597. The highest BCUT2D eigenvalue weighted by molar-refractivity contribution is 6.06. The maximum Gasteiger partial charge on any atom is 0.573 e. The molecular weight excluding hydrogens is 536 g/mol. The molecule has 0 atom stereocenters. The number of carbonyl (C=O) groups is 2. The number of carbonyl (C=O) groups excluding carboxylic acids is 2. The summed E-state index contributed by atoms with van der Waals surface area (Å²) in [6, 6.07) is 6.46. The number of pyridine rings is 2. The zero-order valence-corrected chi connectivity index (χ0v) is 20.2. The minimum Gasteiger partial charge on any atom is -0.493 e. The van der Waals surface area contributed by atoms with Crippen molar-refractivity contribution in [3.63, 3.8) is 0 Å². The van der Waals surface area contributed by atoms with Crippen molar-refractivity contribution in [2.24, 2.45) is 0 Å². The first kappa shape index (κ1) is 27.7. The Morgan fingerprint density at radius 1 is 0.949 bits per heavy atom. The van der Waals surface area contributed by atoms with E-state index in [4.69, 9.17) is 9.47 Å². The molecule has 1 aliphatic carbocycles. The Morgan fingerprint density at radius 3 is 2.26 bits per heavy atom. The summed E-state index contributed by atoms with van der Waals surface area (Å²) in [4.78, 5) is 32.5. The predicted molar refractivity (Wildman–Crippen MR) is 123 cm³/mol. The van der Waals surface area contributed by atoms with Gasteiger partial charge in [0.2, 0.25) is 0 Å². The van der Waals surface area contributed by atoms with E-state index in [1.54, 1.807) is 0 Å². The number of alkyl halides is 6. The second-order valence-corrected chi connectivity index (χ2v) is 8.55. The lowest BCUT2D eigenvalue weighted by molar-refractivity contribution is -0.274. The Kier molecular flexibility index (Phi) is 7.15. The molecular formula is C25H19F6N3O5. The second kappa shape index (κ2) is 10.1. The third-order valence-electron chi connectivity index (χ3n) is 5.86. The molecule has 1 N–H and O–H groups in total.